The average Bonchev–Trinajstić information content (AvgIpc) is 2.72. The number of amides is 2. The maximum absolute atomic E-state index is 13.4. The lowest BCUT2D eigenvalue weighted by Gasteiger charge is -2.22. The monoisotopic (exact) mass is 432 g/mol. The quantitative estimate of drug-likeness (QED) is 0.484. The number of primary amides is 1. The Kier molecular flexibility index (Phi) is 5.89. The van der Waals surface area contributed by atoms with Crippen molar-refractivity contribution < 1.29 is 27.8 Å². The normalized spacial score (nSPS) is 11.8. The summed E-state index contributed by atoms with van der Waals surface area (Å²) in [4.78, 5) is 32.1. The molecule has 0 saturated carbocycles. The number of nitrogens with two attached hydrogens (primary N) is 1. The van der Waals surface area contributed by atoms with Crippen molar-refractivity contribution >= 4 is 39.8 Å². The number of nitrogens with zero attached hydrogens (tertiary/aromatic N) is 3. The fraction of sp³-hybridized carbons (Fsp3) is 0.111. The highest BCUT2D eigenvalue weighted by Gasteiger charge is 2.22. The number of hydrogen-bond donors (Lipinski definition) is 3. The van der Waals surface area contributed by atoms with Gasteiger partial charge in [-0.2, -0.15) is 0 Å². The summed E-state index contributed by atoms with van der Waals surface area (Å²) in [5.41, 5.74) is 4.85. The lowest BCUT2D eigenvalue weighted by atomic mass is 10.1. The molecular weight excluding hydrogens is 417 g/mol. The zero-order valence-electron chi connectivity index (χ0n) is 15.5. The SMILES string of the molecule is CN(c1nc(C(=O)NCc2ccc(F)cc2C(N)=O)c(O)c2ncccc12)S(=O)[O-]. The van der Waals surface area contributed by atoms with E-state index in [1.807, 2.05) is 0 Å². The molecule has 3 aromatic rings. The minimum atomic E-state index is -2.70. The molecule has 1 atom stereocenters. The predicted molar refractivity (Wildman–Crippen MR) is 105 cm³/mol. The molecule has 0 saturated heterocycles. The zero-order chi connectivity index (χ0) is 22.0. The Bertz CT molecular complexity index is 1190. The van der Waals surface area contributed by atoms with Gasteiger partial charge in [0.1, 0.15) is 17.2 Å². The second-order valence-corrected chi connectivity index (χ2v) is 7.08. The summed E-state index contributed by atoms with van der Waals surface area (Å²) < 4.78 is 36.9. The lowest BCUT2D eigenvalue weighted by Crippen LogP contribution is -2.27. The van der Waals surface area contributed by atoms with Gasteiger partial charge in [0, 0.05) is 42.0 Å². The zero-order valence-corrected chi connectivity index (χ0v) is 16.3. The van der Waals surface area contributed by atoms with E-state index in [-0.39, 0.29) is 34.4 Å². The smallest absolute Gasteiger partial charge is 0.274 e. The Labute approximate surface area is 172 Å². The van der Waals surface area contributed by atoms with Crippen LogP contribution in [0.1, 0.15) is 26.4 Å². The van der Waals surface area contributed by atoms with E-state index in [0.717, 1.165) is 16.4 Å². The largest absolute Gasteiger partial charge is 0.755 e. The highest BCUT2D eigenvalue weighted by Crippen LogP contribution is 2.32. The molecule has 156 valence electrons. The number of fused-ring (bicyclic) bond motifs is 1. The topological polar surface area (TPSA) is 162 Å². The first-order valence-electron chi connectivity index (χ1n) is 8.38. The first-order chi connectivity index (χ1) is 14.2. The third-order valence-corrected chi connectivity index (χ3v) is 4.85. The fourth-order valence-corrected chi connectivity index (χ4v) is 3.05. The molecule has 3 rings (SSSR count). The highest BCUT2D eigenvalue weighted by molar-refractivity contribution is 7.80. The van der Waals surface area contributed by atoms with Gasteiger partial charge in [0.2, 0.25) is 5.91 Å². The maximum atomic E-state index is 13.4. The summed E-state index contributed by atoms with van der Waals surface area (Å²) in [5.74, 6) is -3.08. The Morgan fingerprint density at radius 1 is 1.37 bits per heavy atom. The summed E-state index contributed by atoms with van der Waals surface area (Å²) in [5, 5.41) is 13.1. The molecule has 10 nitrogen and oxygen atoms in total. The summed E-state index contributed by atoms with van der Waals surface area (Å²) >= 11 is -2.70. The molecule has 0 bridgehead atoms. The molecule has 1 aromatic carbocycles. The standard InChI is InChI=1S/C18H16FN5O5S/c1-24(30(28)29)17-11-3-2-6-21-13(11)15(25)14(23-17)18(27)22-8-9-4-5-10(19)7-12(9)16(20)26/h2-7,25H,8H2,1H3,(H2,20,26)(H,22,27)(H,28,29)/p-1. The second-order valence-electron chi connectivity index (χ2n) is 6.10. The van der Waals surface area contributed by atoms with E-state index in [0.29, 0.717) is 0 Å². The first kappa shape index (κ1) is 21.1. The van der Waals surface area contributed by atoms with Gasteiger partial charge in [-0.25, -0.2) is 9.37 Å². The number of aromatic hydroxyl groups is 1. The molecular formula is C18H15FN5O5S-. The second kappa shape index (κ2) is 8.39. The van der Waals surface area contributed by atoms with Gasteiger partial charge < -0.3 is 20.7 Å². The van der Waals surface area contributed by atoms with Crippen LogP contribution >= 0.6 is 0 Å². The van der Waals surface area contributed by atoms with Crippen molar-refractivity contribution in [2.75, 3.05) is 11.4 Å². The van der Waals surface area contributed by atoms with Crippen LogP contribution < -0.4 is 15.4 Å². The van der Waals surface area contributed by atoms with Gasteiger partial charge in [-0.05, 0) is 29.8 Å². The molecule has 0 aliphatic rings. The summed E-state index contributed by atoms with van der Waals surface area (Å²) in [7, 11) is 1.22. The van der Waals surface area contributed by atoms with Crippen molar-refractivity contribution in [3.05, 3.63) is 59.2 Å². The number of pyridine rings is 2. The molecule has 0 spiro atoms. The lowest BCUT2D eigenvalue weighted by molar-refractivity contribution is 0.0939. The van der Waals surface area contributed by atoms with Crippen LogP contribution in [0, 0.1) is 5.82 Å². The number of benzene rings is 1. The number of carbonyl (C=O) groups is 2. The van der Waals surface area contributed by atoms with E-state index in [1.165, 1.54) is 31.4 Å². The molecule has 1 unspecified atom stereocenters. The van der Waals surface area contributed by atoms with Crippen LogP contribution in [0.3, 0.4) is 0 Å². The van der Waals surface area contributed by atoms with E-state index in [2.05, 4.69) is 15.3 Å². The fourth-order valence-electron chi connectivity index (χ4n) is 2.77. The van der Waals surface area contributed by atoms with Crippen LogP contribution in [-0.2, 0) is 17.8 Å². The molecule has 0 fully saturated rings. The number of anilines is 1. The third kappa shape index (κ3) is 4.04. The van der Waals surface area contributed by atoms with Crippen molar-refractivity contribution in [1.29, 1.82) is 0 Å². The first-order valence-corrected chi connectivity index (χ1v) is 9.41. The van der Waals surface area contributed by atoms with E-state index in [4.69, 9.17) is 5.73 Å². The Morgan fingerprint density at radius 3 is 2.77 bits per heavy atom. The highest BCUT2D eigenvalue weighted by atomic mass is 32.2. The number of carbonyl (C=O) groups excluding carboxylic acids is 2. The molecule has 4 N–H and O–H groups in total. The van der Waals surface area contributed by atoms with Crippen molar-refractivity contribution in [2.24, 2.45) is 5.73 Å². The third-order valence-electron chi connectivity index (χ3n) is 4.23. The van der Waals surface area contributed by atoms with Crippen molar-refractivity contribution in [1.82, 2.24) is 15.3 Å². The van der Waals surface area contributed by atoms with Gasteiger partial charge >= 0.3 is 0 Å². The Balaban J connectivity index is 1.99. The van der Waals surface area contributed by atoms with E-state index < -0.39 is 40.3 Å². The number of nitrogens with one attached hydrogen (secondary N) is 1. The summed E-state index contributed by atoms with van der Waals surface area (Å²) in [6, 6.07) is 6.34. The van der Waals surface area contributed by atoms with E-state index >= 15 is 0 Å². The van der Waals surface area contributed by atoms with E-state index in [1.54, 1.807) is 0 Å². The van der Waals surface area contributed by atoms with Gasteiger partial charge in [0.15, 0.2) is 11.4 Å². The number of hydrogen-bond acceptors (Lipinski definition) is 7. The van der Waals surface area contributed by atoms with Crippen LogP contribution in [0.25, 0.3) is 10.9 Å². The van der Waals surface area contributed by atoms with Gasteiger partial charge in [0.25, 0.3) is 5.91 Å². The molecule has 0 aliphatic heterocycles. The predicted octanol–water partition coefficient (Wildman–Crippen LogP) is 0.734. The minimum absolute atomic E-state index is 0.0236. The number of halogens is 1. The minimum Gasteiger partial charge on any atom is -0.755 e. The van der Waals surface area contributed by atoms with Crippen LogP contribution in [-0.4, -0.2) is 42.7 Å². The van der Waals surface area contributed by atoms with Gasteiger partial charge in [-0.15, -0.1) is 0 Å². The molecule has 30 heavy (non-hydrogen) atoms. The van der Waals surface area contributed by atoms with Crippen LogP contribution in [0.5, 0.6) is 5.75 Å². The number of aromatic nitrogens is 2. The van der Waals surface area contributed by atoms with E-state index in [9.17, 15) is 27.8 Å². The van der Waals surface area contributed by atoms with Gasteiger partial charge in [-0.1, -0.05) is 6.07 Å². The van der Waals surface area contributed by atoms with Gasteiger partial charge in [0.05, 0.1) is 0 Å². The maximum Gasteiger partial charge on any atom is 0.274 e. The Morgan fingerprint density at radius 2 is 2.10 bits per heavy atom. The molecule has 0 aliphatic carbocycles. The Hall–Kier alpha value is -3.64. The average molecular weight is 432 g/mol. The van der Waals surface area contributed by atoms with Gasteiger partial charge in [-0.3, -0.25) is 23.1 Å². The molecule has 2 heterocycles. The summed E-state index contributed by atoms with van der Waals surface area (Å²) in [6.45, 7) is -0.225. The molecule has 12 heteroatoms. The molecule has 0 radical (unpaired) electrons. The van der Waals surface area contributed by atoms with Crippen molar-refractivity contribution in [2.45, 2.75) is 6.54 Å². The van der Waals surface area contributed by atoms with Crippen LogP contribution in [0.15, 0.2) is 36.5 Å². The molecule has 2 aromatic heterocycles. The molecule has 2 amide bonds. The van der Waals surface area contributed by atoms with Crippen LogP contribution in [0.4, 0.5) is 10.2 Å². The summed E-state index contributed by atoms with van der Waals surface area (Å²) in [6.07, 6.45) is 1.36. The van der Waals surface area contributed by atoms with Crippen LogP contribution in [0.2, 0.25) is 0 Å². The van der Waals surface area contributed by atoms with Crippen molar-refractivity contribution in [3.8, 4) is 5.75 Å². The number of rotatable bonds is 6. The van der Waals surface area contributed by atoms with Crippen molar-refractivity contribution in [3.63, 3.8) is 0 Å².